The molecule has 1 aromatic carbocycles. The lowest BCUT2D eigenvalue weighted by Gasteiger charge is -2.07. The molecule has 188 valence electrons. The normalized spacial score (nSPS) is 10.8. The van der Waals surface area contributed by atoms with Crippen LogP contribution in [0.4, 0.5) is 10.5 Å². The van der Waals surface area contributed by atoms with Gasteiger partial charge >= 0.3 is 6.16 Å². The Kier molecular flexibility index (Phi) is 17.9. The van der Waals surface area contributed by atoms with E-state index in [0.717, 1.165) is 13.0 Å². The minimum absolute atomic E-state index is 0.0633. The van der Waals surface area contributed by atoms with Gasteiger partial charge in [0, 0.05) is 31.8 Å². The number of nitrogens with zero attached hydrogens (tertiary/aromatic N) is 1. The molecule has 0 saturated heterocycles. The van der Waals surface area contributed by atoms with Crippen LogP contribution >= 0.6 is 0 Å². The van der Waals surface area contributed by atoms with E-state index in [1.54, 1.807) is 0 Å². The summed E-state index contributed by atoms with van der Waals surface area (Å²) in [4.78, 5) is 21.7. The summed E-state index contributed by atoms with van der Waals surface area (Å²) >= 11 is 0. The summed E-state index contributed by atoms with van der Waals surface area (Å²) in [5.74, 6) is 0.208. The summed E-state index contributed by atoms with van der Waals surface area (Å²) < 4.78 is 15.5. The van der Waals surface area contributed by atoms with Gasteiger partial charge in [0.25, 0.3) is 5.69 Å². The SMILES string of the molecule is CCCCCCCCCCCCCCCCOCCCOC(=O)Oc1ccc([N+](=O)[O-])cc1. The minimum atomic E-state index is -0.823. The average Bonchev–Trinajstić information content (AvgIpc) is 2.81. The van der Waals surface area contributed by atoms with Gasteiger partial charge in [-0.15, -0.1) is 0 Å². The van der Waals surface area contributed by atoms with Crippen LogP contribution in [0.3, 0.4) is 0 Å². The van der Waals surface area contributed by atoms with Crippen molar-refractivity contribution >= 4 is 11.8 Å². The molecular formula is C26H43NO6. The molecule has 0 saturated carbocycles. The summed E-state index contributed by atoms with van der Waals surface area (Å²) in [5.41, 5.74) is -0.0633. The van der Waals surface area contributed by atoms with E-state index in [2.05, 4.69) is 6.92 Å². The van der Waals surface area contributed by atoms with Gasteiger partial charge in [-0.25, -0.2) is 4.79 Å². The predicted octanol–water partition coefficient (Wildman–Crippen LogP) is 8.00. The van der Waals surface area contributed by atoms with Crippen LogP contribution in [0.25, 0.3) is 0 Å². The van der Waals surface area contributed by atoms with E-state index in [1.807, 2.05) is 0 Å². The van der Waals surface area contributed by atoms with Crippen molar-refractivity contribution in [2.24, 2.45) is 0 Å². The van der Waals surface area contributed by atoms with Crippen molar-refractivity contribution in [2.75, 3.05) is 19.8 Å². The van der Waals surface area contributed by atoms with E-state index in [1.165, 1.54) is 108 Å². The number of nitro groups is 1. The molecule has 1 aromatic rings. The van der Waals surface area contributed by atoms with Gasteiger partial charge < -0.3 is 14.2 Å². The van der Waals surface area contributed by atoms with Crippen molar-refractivity contribution in [1.29, 1.82) is 0 Å². The van der Waals surface area contributed by atoms with Crippen LogP contribution in [0.2, 0.25) is 0 Å². The van der Waals surface area contributed by atoms with E-state index in [-0.39, 0.29) is 18.0 Å². The molecule has 0 radical (unpaired) electrons. The van der Waals surface area contributed by atoms with E-state index >= 15 is 0 Å². The number of unbranched alkanes of at least 4 members (excludes halogenated alkanes) is 13. The molecule has 33 heavy (non-hydrogen) atoms. The average molecular weight is 466 g/mol. The number of benzene rings is 1. The second-order valence-corrected chi connectivity index (χ2v) is 8.51. The molecule has 0 heterocycles. The minimum Gasteiger partial charge on any atom is -0.434 e. The van der Waals surface area contributed by atoms with Crippen molar-refractivity contribution in [2.45, 2.75) is 103 Å². The Bertz CT molecular complexity index is 620. The molecule has 0 amide bonds. The smallest absolute Gasteiger partial charge is 0.434 e. The molecule has 0 bridgehead atoms. The van der Waals surface area contributed by atoms with Gasteiger partial charge in [-0.3, -0.25) is 10.1 Å². The van der Waals surface area contributed by atoms with Crippen LogP contribution in [0.15, 0.2) is 24.3 Å². The second-order valence-electron chi connectivity index (χ2n) is 8.51. The third-order valence-corrected chi connectivity index (χ3v) is 5.54. The van der Waals surface area contributed by atoms with Gasteiger partial charge in [-0.1, -0.05) is 90.4 Å². The highest BCUT2D eigenvalue weighted by Crippen LogP contribution is 2.17. The summed E-state index contributed by atoms with van der Waals surface area (Å²) in [5, 5.41) is 10.6. The molecule has 0 unspecified atom stereocenters. The summed E-state index contributed by atoms with van der Waals surface area (Å²) in [7, 11) is 0. The number of hydrogen-bond donors (Lipinski definition) is 0. The molecule has 0 spiro atoms. The zero-order valence-electron chi connectivity index (χ0n) is 20.4. The van der Waals surface area contributed by atoms with E-state index in [9.17, 15) is 14.9 Å². The first-order valence-electron chi connectivity index (χ1n) is 12.8. The molecule has 0 aliphatic heterocycles. The Hall–Kier alpha value is -2.15. The quantitative estimate of drug-likeness (QED) is 0.0601. The summed E-state index contributed by atoms with van der Waals surface area (Å²) in [6.45, 7) is 3.76. The number of carbonyl (C=O) groups is 1. The van der Waals surface area contributed by atoms with Crippen LogP contribution in [-0.4, -0.2) is 30.9 Å². The monoisotopic (exact) mass is 465 g/mol. The van der Waals surface area contributed by atoms with Gasteiger partial charge in [0.05, 0.1) is 11.5 Å². The zero-order valence-corrected chi connectivity index (χ0v) is 20.4. The molecule has 0 fully saturated rings. The lowest BCUT2D eigenvalue weighted by molar-refractivity contribution is -0.384. The van der Waals surface area contributed by atoms with Crippen LogP contribution in [0.5, 0.6) is 5.75 Å². The van der Waals surface area contributed by atoms with Gasteiger partial charge in [-0.05, 0) is 18.6 Å². The van der Waals surface area contributed by atoms with Crippen LogP contribution in [0.1, 0.15) is 103 Å². The number of non-ortho nitro benzene ring substituents is 1. The van der Waals surface area contributed by atoms with Crippen molar-refractivity contribution < 1.29 is 23.9 Å². The van der Waals surface area contributed by atoms with Gasteiger partial charge in [-0.2, -0.15) is 0 Å². The Labute approximate surface area is 199 Å². The fraction of sp³-hybridized carbons (Fsp3) is 0.731. The summed E-state index contributed by atoms with van der Waals surface area (Å²) in [6, 6.07) is 5.26. The maximum absolute atomic E-state index is 11.6. The van der Waals surface area contributed by atoms with Crippen molar-refractivity contribution in [3.8, 4) is 5.75 Å². The number of carbonyl (C=O) groups excluding carboxylic acids is 1. The fourth-order valence-corrected chi connectivity index (χ4v) is 3.58. The Balaban J connectivity index is 1.80. The molecule has 7 nitrogen and oxygen atoms in total. The third kappa shape index (κ3) is 17.0. The predicted molar refractivity (Wildman–Crippen MR) is 131 cm³/mol. The van der Waals surface area contributed by atoms with E-state index in [4.69, 9.17) is 14.2 Å². The van der Waals surface area contributed by atoms with Crippen LogP contribution in [0, 0.1) is 10.1 Å². The molecule has 0 aliphatic rings. The number of rotatable bonds is 21. The molecule has 0 aromatic heterocycles. The Morgan fingerprint density at radius 2 is 1.21 bits per heavy atom. The Morgan fingerprint density at radius 1 is 0.727 bits per heavy atom. The first-order chi connectivity index (χ1) is 16.1. The maximum Gasteiger partial charge on any atom is 0.513 e. The van der Waals surface area contributed by atoms with Crippen molar-refractivity contribution in [3.05, 3.63) is 34.4 Å². The topological polar surface area (TPSA) is 87.9 Å². The standard InChI is InChI=1S/C26H43NO6/c1-2-3-4-5-6-7-8-9-10-11-12-13-14-15-21-31-22-16-23-32-26(28)33-25-19-17-24(18-20-25)27(29)30/h17-20H,2-16,21-23H2,1H3. The van der Waals surface area contributed by atoms with Gasteiger partial charge in [0.2, 0.25) is 0 Å². The Morgan fingerprint density at radius 3 is 1.73 bits per heavy atom. The molecule has 0 atom stereocenters. The highest BCUT2D eigenvalue weighted by atomic mass is 16.7. The number of hydrogen-bond acceptors (Lipinski definition) is 6. The van der Waals surface area contributed by atoms with E-state index < -0.39 is 11.1 Å². The summed E-state index contributed by atoms with van der Waals surface area (Å²) in [6.07, 6.45) is 18.5. The van der Waals surface area contributed by atoms with Crippen LogP contribution < -0.4 is 4.74 Å². The number of nitro benzene ring substituents is 1. The van der Waals surface area contributed by atoms with Gasteiger partial charge in [0.1, 0.15) is 5.75 Å². The maximum atomic E-state index is 11.6. The van der Waals surface area contributed by atoms with Crippen molar-refractivity contribution in [3.63, 3.8) is 0 Å². The molecule has 0 aliphatic carbocycles. The van der Waals surface area contributed by atoms with E-state index in [0.29, 0.717) is 13.0 Å². The van der Waals surface area contributed by atoms with Gasteiger partial charge in [0.15, 0.2) is 0 Å². The third-order valence-electron chi connectivity index (χ3n) is 5.54. The highest BCUT2D eigenvalue weighted by molar-refractivity contribution is 5.63. The van der Waals surface area contributed by atoms with Crippen LogP contribution in [-0.2, 0) is 9.47 Å². The lowest BCUT2D eigenvalue weighted by Crippen LogP contribution is -2.12. The first-order valence-corrected chi connectivity index (χ1v) is 12.8. The van der Waals surface area contributed by atoms with Crippen molar-refractivity contribution in [1.82, 2.24) is 0 Å². The molecular weight excluding hydrogens is 422 g/mol. The molecule has 1 rings (SSSR count). The zero-order chi connectivity index (χ0) is 24.0. The highest BCUT2D eigenvalue weighted by Gasteiger charge is 2.09. The fourth-order valence-electron chi connectivity index (χ4n) is 3.58. The largest absolute Gasteiger partial charge is 0.513 e. The molecule has 7 heteroatoms. The lowest BCUT2D eigenvalue weighted by atomic mass is 10.0. The first kappa shape index (κ1) is 28.9. The number of ether oxygens (including phenoxy) is 3. The second kappa shape index (κ2) is 20.5. The molecule has 0 N–H and O–H groups in total.